The third-order valence-electron chi connectivity index (χ3n) is 4.46. The molecule has 0 aliphatic carbocycles. The summed E-state index contributed by atoms with van der Waals surface area (Å²) in [7, 11) is 0. The molecule has 0 saturated heterocycles. The van der Waals surface area contributed by atoms with E-state index >= 15 is 0 Å². The average Bonchev–Trinajstić information content (AvgIpc) is 3.13. The fourth-order valence-corrected chi connectivity index (χ4v) is 3.13. The summed E-state index contributed by atoms with van der Waals surface area (Å²) in [6, 6.07) is 9.40. The molecule has 0 saturated carbocycles. The minimum absolute atomic E-state index is 0.234. The fourth-order valence-electron chi connectivity index (χ4n) is 3.13. The number of carbonyl (C=O) groups excluding carboxylic acids is 1. The van der Waals surface area contributed by atoms with Crippen LogP contribution in [0, 0.1) is 27.7 Å². The van der Waals surface area contributed by atoms with Crippen LogP contribution in [0.3, 0.4) is 0 Å². The molecule has 0 atom stereocenters. The van der Waals surface area contributed by atoms with Crippen molar-refractivity contribution < 1.29 is 9.32 Å². The number of amides is 2. The molecule has 142 valence electrons. The molecular formula is C20H25N5O2. The van der Waals surface area contributed by atoms with Crippen LogP contribution in [0.2, 0.25) is 0 Å². The minimum Gasteiger partial charge on any atom is -0.361 e. The summed E-state index contributed by atoms with van der Waals surface area (Å²) in [5.41, 5.74) is 5.54. The standard InChI is InChI=1S/C20H25N5O2/c1-13-12-14(2)25(23-13)19-10-6-5-9-18(19)22-20(26)21-11-7-8-17-15(3)24-27-16(17)4/h5-6,9-10,12H,7-8,11H2,1-4H3,(H2,21,22,26). The van der Waals surface area contributed by atoms with Crippen molar-refractivity contribution in [3.8, 4) is 5.69 Å². The summed E-state index contributed by atoms with van der Waals surface area (Å²) in [6.07, 6.45) is 1.64. The van der Waals surface area contributed by atoms with Gasteiger partial charge in [-0.15, -0.1) is 0 Å². The Morgan fingerprint density at radius 2 is 1.96 bits per heavy atom. The highest BCUT2D eigenvalue weighted by Gasteiger charge is 2.12. The van der Waals surface area contributed by atoms with E-state index < -0.39 is 0 Å². The van der Waals surface area contributed by atoms with Gasteiger partial charge in [-0.1, -0.05) is 17.3 Å². The molecule has 7 heteroatoms. The maximum absolute atomic E-state index is 12.3. The van der Waals surface area contributed by atoms with E-state index in [-0.39, 0.29) is 6.03 Å². The monoisotopic (exact) mass is 367 g/mol. The van der Waals surface area contributed by atoms with Crippen LogP contribution < -0.4 is 10.6 Å². The minimum atomic E-state index is -0.234. The van der Waals surface area contributed by atoms with Crippen LogP contribution in [-0.2, 0) is 6.42 Å². The number of nitrogens with zero attached hydrogens (tertiary/aromatic N) is 3. The van der Waals surface area contributed by atoms with Gasteiger partial charge in [0, 0.05) is 17.8 Å². The van der Waals surface area contributed by atoms with E-state index in [2.05, 4.69) is 20.9 Å². The predicted molar refractivity (Wildman–Crippen MR) is 104 cm³/mol. The molecular weight excluding hydrogens is 342 g/mol. The van der Waals surface area contributed by atoms with E-state index in [1.165, 1.54) is 0 Å². The summed E-state index contributed by atoms with van der Waals surface area (Å²) >= 11 is 0. The van der Waals surface area contributed by atoms with Crippen LogP contribution in [0.25, 0.3) is 5.69 Å². The van der Waals surface area contributed by atoms with E-state index in [9.17, 15) is 4.79 Å². The van der Waals surface area contributed by atoms with Crippen LogP contribution in [0.1, 0.15) is 34.8 Å². The molecule has 3 rings (SSSR count). The Kier molecular flexibility index (Phi) is 5.59. The van der Waals surface area contributed by atoms with Crippen LogP contribution >= 0.6 is 0 Å². The predicted octanol–water partition coefficient (Wildman–Crippen LogP) is 3.85. The van der Waals surface area contributed by atoms with Gasteiger partial charge in [-0.05, 0) is 58.7 Å². The van der Waals surface area contributed by atoms with Crippen LogP contribution in [0.15, 0.2) is 34.9 Å². The highest BCUT2D eigenvalue weighted by Crippen LogP contribution is 2.21. The van der Waals surface area contributed by atoms with Crippen LogP contribution in [-0.4, -0.2) is 27.5 Å². The van der Waals surface area contributed by atoms with E-state index in [4.69, 9.17) is 4.52 Å². The molecule has 27 heavy (non-hydrogen) atoms. The maximum atomic E-state index is 12.3. The fraction of sp³-hybridized carbons (Fsp3) is 0.350. The summed E-state index contributed by atoms with van der Waals surface area (Å²) in [5.74, 6) is 0.843. The molecule has 3 aromatic rings. The van der Waals surface area contributed by atoms with Crippen molar-refractivity contribution in [1.29, 1.82) is 0 Å². The van der Waals surface area contributed by atoms with Gasteiger partial charge in [0.2, 0.25) is 0 Å². The van der Waals surface area contributed by atoms with E-state index in [1.54, 1.807) is 0 Å². The van der Waals surface area contributed by atoms with Crippen molar-refractivity contribution in [1.82, 2.24) is 20.3 Å². The molecule has 2 amide bonds. The SMILES string of the molecule is Cc1cc(C)n(-c2ccccc2NC(=O)NCCCc2c(C)noc2C)n1. The Balaban J connectivity index is 1.58. The van der Waals surface area contributed by atoms with Gasteiger partial charge < -0.3 is 15.2 Å². The summed E-state index contributed by atoms with van der Waals surface area (Å²) < 4.78 is 7.00. The van der Waals surface area contributed by atoms with Crippen molar-refractivity contribution in [3.63, 3.8) is 0 Å². The number of benzene rings is 1. The first-order valence-electron chi connectivity index (χ1n) is 9.05. The summed E-state index contributed by atoms with van der Waals surface area (Å²) in [4.78, 5) is 12.3. The number of urea groups is 1. The number of aryl methyl sites for hydroxylation is 4. The number of nitrogens with one attached hydrogen (secondary N) is 2. The number of hydrogen-bond acceptors (Lipinski definition) is 4. The lowest BCUT2D eigenvalue weighted by molar-refractivity contribution is 0.252. The van der Waals surface area contributed by atoms with Crippen molar-refractivity contribution in [2.75, 3.05) is 11.9 Å². The smallest absolute Gasteiger partial charge is 0.319 e. The lowest BCUT2D eigenvalue weighted by Gasteiger charge is -2.13. The highest BCUT2D eigenvalue weighted by molar-refractivity contribution is 5.91. The van der Waals surface area contributed by atoms with Gasteiger partial charge in [-0.3, -0.25) is 0 Å². The van der Waals surface area contributed by atoms with Crippen molar-refractivity contribution in [2.45, 2.75) is 40.5 Å². The van der Waals surface area contributed by atoms with E-state index in [0.717, 1.165) is 46.9 Å². The van der Waals surface area contributed by atoms with Gasteiger partial charge in [-0.25, -0.2) is 9.48 Å². The largest absolute Gasteiger partial charge is 0.361 e. The number of aromatic nitrogens is 3. The third kappa shape index (κ3) is 4.36. The molecule has 1 aromatic carbocycles. The number of para-hydroxylation sites is 2. The Morgan fingerprint density at radius 1 is 1.19 bits per heavy atom. The van der Waals surface area contributed by atoms with E-state index in [0.29, 0.717) is 12.2 Å². The van der Waals surface area contributed by atoms with E-state index in [1.807, 2.05) is 62.7 Å². The first-order valence-corrected chi connectivity index (χ1v) is 9.05. The second-order valence-electron chi connectivity index (χ2n) is 6.64. The topological polar surface area (TPSA) is 85.0 Å². The Hall–Kier alpha value is -3.09. The maximum Gasteiger partial charge on any atom is 0.319 e. The molecule has 0 spiro atoms. The van der Waals surface area contributed by atoms with Gasteiger partial charge in [0.1, 0.15) is 5.76 Å². The van der Waals surface area contributed by atoms with Crippen molar-refractivity contribution in [2.24, 2.45) is 0 Å². The van der Waals surface area contributed by atoms with Gasteiger partial charge in [0.25, 0.3) is 0 Å². The lowest BCUT2D eigenvalue weighted by atomic mass is 10.1. The molecule has 7 nitrogen and oxygen atoms in total. The molecule has 2 aromatic heterocycles. The third-order valence-corrected chi connectivity index (χ3v) is 4.46. The molecule has 0 bridgehead atoms. The molecule has 0 fully saturated rings. The second-order valence-corrected chi connectivity index (χ2v) is 6.64. The van der Waals surface area contributed by atoms with Gasteiger partial charge in [0.15, 0.2) is 0 Å². The zero-order valence-electron chi connectivity index (χ0n) is 16.2. The van der Waals surface area contributed by atoms with Gasteiger partial charge in [0.05, 0.1) is 22.8 Å². The summed E-state index contributed by atoms with van der Waals surface area (Å²) in [6.45, 7) is 8.35. The number of carbonyl (C=O) groups is 1. The average molecular weight is 367 g/mol. The Morgan fingerprint density at radius 3 is 2.63 bits per heavy atom. The van der Waals surface area contributed by atoms with Gasteiger partial charge in [-0.2, -0.15) is 5.10 Å². The first-order chi connectivity index (χ1) is 13.0. The second kappa shape index (κ2) is 8.07. The molecule has 0 aliphatic rings. The first kappa shape index (κ1) is 18.7. The highest BCUT2D eigenvalue weighted by atomic mass is 16.5. The number of anilines is 1. The Bertz CT molecular complexity index is 922. The molecule has 0 unspecified atom stereocenters. The Labute approximate surface area is 158 Å². The zero-order chi connectivity index (χ0) is 19.4. The van der Waals surface area contributed by atoms with Gasteiger partial charge >= 0.3 is 6.03 Å². The van der Waals surface area contributed by atoms with Crippen molar-refractivity contribution >= 4 is 11.7 Å². The zero-order valence-corrected chi connectivity index (χ0v) is 16.2. The number of rotatable bonds is 6. The summed E-state index contributed by atoms with van der Waals surface area (Å²) in [5, 5.41) is 14.3. The van der Waals surface area contributed by atoms with Crippen molar-refractivity contribution in [3.05, 3.63) is 58.7 Å². The normalized spacial score (nSPS) is 10.8. The lowest BCUT2D eigenvalue weighted by Crippen LogP contribution is -2.30. The molecule has 0 radical (unpaired) electrons. The quantitative estimate of drug-likeness (QED) is 0.648. The molecule has 2 heterocycles. The number of hydrogen-bond donors (Lipinski definition) is 2. The van der Waals surface area contributed by atoms with Crippen LogP contribution in [0.5, 0.6) is 0 Å². The molecule has 2 N–H and O–H groups in total. The van der Waals surface area contributed by atoms with Crippen LogP contribution in [0.4, 0.5) is 10.5 Å². The molecule has 0 aliphatic heterocycles.